The minimum Gasteiger partial charge on any atom is -0.385 e. The molecule has 0 aliphatic carbocycles. The lowest BCUT2D eigenvalue weighted by molar-refractivity contribution is -0.126. The van der Waals surface area contributed by atoms with Crippen molar-refractivity contribution in [3.8, 4) is 0 Å². The molecule has 2 aliphatic heterocycles. The Morgan fingerprint density at radius 2 is 2.00 bits per heavy atom. The van der Waals surface area contributed by atoms with Gasteiger partial charge in [0.1, 0.15) is 0 Å². The Bertz CT molecular complexity index is 295. The summed E-state index contributed by atoms with van der Waals surface area (Å²) in [4.78, 5) is 14.7. The van der Waals surface area contributed by atoms with E-state index in [1.165, 1.54) is 0 Å². The zero-order chi connectivity index (χ0) is 14.2. The minimum atomic E-state index is 0. The fourth-order valence-corrected chi connectivity index (χ4v) is 3.13. The summed E-state index contributed by atoms with van der Waals surface area (Å²) in [6.45, 7) is 6.05. The summed E-state index contributed by atoms with van der Waals surface area (Å²) in [5, 5.41) is 6.55. The van der Waals surface area contributed by atoms with E-state index in [-0.39, 0.29) is 36.6 Å². The summed E-state index contributed by atoms with van der Waals surface area (Å²) < 4.78 is 5.08. The van der Waals surface area contributed by atoms with Crippen LogP contribution >= 0.6 is 24.8 Å². The number of nitrogens with one attached hydrogen (secondary N) is 2. The van der Waals surface area contributed by atoms with E-state index in [9.17, 15) is 4.79 Å². The molecule has 5 nitrogen and oxygen atoms in total. The maximum atomic E-state index is 12.2. The second-order valence-electron chi connectivity index (χ2n) is 6.01. The van der Waals surface area contributed by atoms with Crippen LogP contribution in [0.2, 0.25) is 0 Å². The molecule has 2 heterocycles. The Morgan fingerprint density at radius 1 is 1.27 bits per heavy atom. The van der Waals surface area contributed by atoms with Crippen molar-refractivity contribution in [2.75, 3.05) is 46.4 Å². The Labute approximate surface area is 146 Å². The Kier molecular flexibility index (Phi) is 12.3. The molecule has 2 aliphatic rings. The van der Waals surface area contributed by atoms with Gasteiger partial charge in [0.2, 0.25) is 5.91 Å². The molecule has 0 aromatic rings. The Morgan fingerprint density at radius 3 is 2.59 bits per heavy atom. The van der Waals surface area contributed by atoms with E-state index < -0.39 is 0 Å². The van der Waals surface area contributed by atoms with E-state index in [2.05, 4.69) is 15.5 Å². The molecule has 2 N–H and O–H groups in total. The smallest absolute Gasteiger partial charge is 0.224 e. The van der Waals surface area contributed by atoms with Crippen molar-refractivity contribution < 1.29 is 9.53 Å². The lowest BCUT2D eigenvalue weighted by atomic mass is 9.97. The number of methoxy groups -OCH3 is 1. The monoisotopic (exact) mass is 355 g/mol. The summed E-state index contributed by atoms with van der Waals surface area (Å²) in [5.41, 5.74) is 0. The van der Waals surface area contributed by atoms with Gasteiger partial charge in [0, 0.05) is 45.9 Å². The molecule has 0 spiro atoms. The van der Waals surface area contributed by atoms with Gasteiger partial charge >= 0.3 is 0 Å². The predicted octanol–water partition coefficient (Wildman–Crippen LogP) is 1.45. The normalized spacial score (nSPS) is 23.2. The predicted molar refractivity (Wildman–Crippen MR) is 94.2 cm³/mol. The highest BCUT2D eigenvalue weighted by Crippen LogP contribution is 2.14. The maximum Gasteiger partial charge on any atom is 0.224 e. The van der Waals surface area contributed by atoms with Crippen molar-refractivity contribution >= 4 is 30.7 Å². The number of halogens is 2. The third kappa shape index (κ3) is 7.47. The lowest BCUT2D eigenvalue weighted by Crippen LogP contribution is -2.48. The van der Waals surface area contributed by atoms with Gasteiger partial charge in [0.05, 0.1) is 5.92 Å². The van der Waals surface area contributed by atoms with Crippen molar-refractivity contribution in [3.63, 3.8) is 0 Å². The van der Waals surface area contributed by atoms with Crippen LogP contribution in [0.15, 0.2) is 0 Å². The molecular formula is C15H31Cl2N3O2. The summed E-state index contributed by atoms with van der Waals surface area (Å²) in [7, 11) is 1.75. The molecule has 2 saturated heterocycles. The molecule has 1 unspecified atom stereocenters. The third-order valence-corrected chi connectivity index (χ3v) is 4.42. The fraction of sp³-hybridized carbons (Fsp3) is 0.933. The second-order valence-corrected chi connectivity index (χ2v) is 6.01. The third-order valence-electron chi connectivity index (χ3n) is 4.42. The van der Waals surface area contributed by atoms with E-state index in [1.807, 2.05) is 0 Å². The highest BCUT2D eigenvalue weighted by atomic mass is 35.5. The van der Waals surface area contributed by atoms with E-state index >= 15 is 0 Å². The van der Waals surface area contributed by atoms with Gasteiger partial charge in [-0.1, -0.05) is 0 Å². The molecule has 2 fully saturated rings. The minimum absolute atomic E-state index is 0. The fourth-order valence-electron chi connectivity index (χ4n) is 3.13. The van der Waals surface area contributed by atoms with Crippen molar-refractivity contribution in [2.45, 2.75) is 38.1 Å². The van der Waals surface area contributed by atoms with Gasteiger partial charge in [-0.2, -0.15) is 0 Å². The number of carbonyl (C=O) groups excluding carboxylic acids is 1. The summed E-state index contributed by atoms with van der Waals surface area (Å²) >= 11 is 0. The van der Waals surface area contributed by atoms with Crippen LogP contribution in [0, 0.1) is 5.92 Å². The van der Waals surface area contributed by atoms with Gasteiger partial charge < -0.3 is 20.3 Å². The van der Waals surface area contributed by atoms with Crippen molar-refractivity contribution in [2.24, 2.45) is 5.92 Å². The Balaban J connectivity index is 0.00000220. The van der Waals surface area contributed by atoms with Crippen LogP contribution in [0.5, 0.6) is 0 Å². The number of hydrogen-bond acceptors (Lipinski definition) is 4. The van der Waals surface area contributed by atoms with Crippen LogP contribution in [0.4, 0.5) is 0 Å². The van der Waals surface area contributed by atoms with Gasteiger partial charge in [0.25, 0.3) is 0 Å². The number of nitrogens with zero attached hydrogens (tertiary/aromatic N) is 1. The summed E-state index contributed by atoms with van der Waals surface area (Å²) in [6.07, 6.45) is 5.42. The zero-order valence-corrected chi connectivity index (χ0v) is 15.1. The van der Waals surface area contributed by atoms with Crippen LogP contribution in [-0.4, -0.2) is 63.3 Å². The maximum absolute atomic E-state index is 12.2. The molecule has 0 bridgehead atoms. The molecule has 0 saturated carbocycles. The van der Waals surface area contributed by atoms with Gasteiger partial charge in [-0.05, 0) is 38.6 Å². The first-order valence-corrected chi connectivity index (χ1v) is 8.02. The van der Waals surface area contributed by atoms with Gasteiger partial charge in [-0.25, -0.2) is 0 Å². The largest absolute Gasteiger partial charge is 0.385 e. The molecule has 0 aromatic heterocycles. The quantitative estimate of drug-likeness (QED) is 0.708. The molecular weight excluding hydrogens is 325 g/mol. The highest BCUT2D eigenvalue weighted by molar-refractivity contribution is 5.85. The van der Waals surface area contributed by atoms with Crippen molar-refractivity contribution in [3.05, 3.63) is 0 Å². The van der Waals surface area contributed by atoms with E-state index in [0.29, 0.717) is 6.04 Å². The molecule has 0 aromatic carbocycles. The molecule has 2 rings (SSSR count). The lowest BCUT2D eigenvalue weighted by Gasteiger charge is -2.33. The van der Waals surface area contributed by atoms with Crippen LogP contribution in [0.3, 0.4) is 0 Å². The molecule has 0 radical (unpaired) electrons. The van der Waals surface area contributed by atoms with Gasteiger partial charge in [-0.3, -0.25) is 4.79 Å². The number of piperidine rings is 2. The summed E-state index contributed by atoms with van der Waals surface area (Å²) in [5.74, 6) is 0.443. The number of carbonyl (C=O) groups is 1. The van der Waals surface area contributed by atoms with Crippen LogP contribution in [-0.2, 0) is 9.53 Å². The molecule has 7 heteroatoms. The second kappa shape index (κ2) is 12.4. The molecule has 132 valence electrons. The number of ether oxygens (including phenoxy) is 1. The van der Waals surface area contributed by atoms with Crippen LogP contribution < -0.4 is 10.6 Å². The van der Waals surface area contributed by atoms with Crippen LogP contribution in [0.1, 0.15) is 32.1 Å². The van der Waals surface area contributed by atoms with Gasteiger partial charge in [0.15, 0.2) is 0 Å². The average Bonchev–Trinajstić information content (AvgIpc) is 2.50. The van der Waals surface area contributed by atoms with Crippen molar-refractivity contribution in [1.29, 1.82) is 0 Å². The van der Waals surface area contributed by atoms with Crippen molar-refractivity contribution in [1.82, 2.24) is 15.5 Å². The number of hydrogen-bond donors (Lipinski definition) is 2. The Hall–Kier alpha value is -0.0700. The van der Waals surface area contributed by atoms with E-state index in [4.69, 9.17) is 4.74 Å². The van der Waals surface area contributed by atoms with E-state index in [0.717, 1.165) is 71.4 Å². The first-order valence-electron chi connectivity index (χ1n) is 8.02. The first kappa shape index (κ1) is 21.9. The number of likely N-dealkylation sites (tertiary alicyclic amines) is 1. The highest BCUT2D eigenvalue weighted by Gasteiger charge is 2.25. The zero-order valence-electron chi connectivity index (χ0n) is 13.5. The van der Waals surface area contributed by atoms with Gasteiger partial charge in [-0.15, -0.1) is 24.8 Å². The first-order chi connectivity index (χ1) is 9.79. The molecule has 22 heavy (non-hydrogen) atoms. The average molecular weight is 356 g/mol. The molecule has 1 amide bonds. The standard InChI is InChI=1S/C15H29N3O2.2ClH/c1-20-11-3-8-18-9-5-14(6-10-18)17-15(19)13-4-2-7-16-12-13;;/h13-14,16H,2-12H2,1H3,(H,17,19);2*1H. The number of amides is 1. The summed E-state index contributed by atoms with van der Waals surface area (Å²) in [6, 6.07) is 0.378. The number of rotatable bonds is 6. The topological polar surface area (TPSA) is 53.6 Å². The molecule has 1 atom stereocenters. The SMILES string of the molecule is COCCCN1CCC(NC(=O)C2CCCNC2)CC1.Cl.Cl. The van der Waals surface area contributed by atoms with Crippen LogP contribution in [0.25, 0.3) is 0 Å². The van der Waals surface area contributed by atoms with E-state index in [1.54, 1.807) is 7.11 Å².